The van der Waals surface area contributed by atoms with E-state index in [1.807, 2.05) is 0 Å². The van der Waals surface area contributed by atoms with Crippen LogP contribution in [0, 0.1) is 11.8 Å². The lowest BCUT2D eigenvalue weighted by Crippen LogP contribution is -2.34. The van der Waals surface area contributed by atoms with Gasteiger partial charge in [-0.3, -0.25) is 0 Å². The second-order valence-corrected chi connectivity index (χ2v) is 5.58. The van der Waals surface area contributed by atoms with Crippen LogP contribution in [-0.4, -0.2) is 19.1 Å². The summed E-state index contributed by atoms with van der Waals surface area (Å²) >= 11 is 0. The molecule has 0 spiro atoms. The minimum atomic E-state index is 0.562. The van der Waals surface area contributed by atoms with E-state index in [0.717, 1.165) is 31.3 Å². The van der Waals surface area contributed by atoms with Crippen LogP contribution in [0.3, 0.4) is 0 Å². The maximum atomic E-state index is 3.58. The fourth-order valence-electron chi connectivity index (χ4n) is 2.22. The van der Waals surface area contributed by atoms with Crippen LogP contribution in [0.2, 0.25) is 0 Å². The summed E-state index contributed by atoms with van der Waals surface area (Å²) in [4.78, 5) is 0. The second kappa shape index (κ2) is 5.54. The molecular formula is C15H24N2. The smallest absolute Gasteiger partial charge is 0.0427 e. The molecule has 0 saturated heterocycles. The van der Waals surface area contributed by atoms with Crippen LogP contribution < -0.4 is 10.6 Å². The molecule has 0 saturated carbocycles. The van der Waals surface area contributed by atoms with Crippen LogP contribution in [0.1, 0.15) is 26.3 Å². The number of hydrogen-bond donors (Lipinski definition) is 2. The monoisotopic (exact) mass is 232 g/mol. The van der Waals surface area contributed by atoms with E-state index in [0.29, 0.717) is 6.04 Å². The number of rotatable bonds is 5. The van der Waals surface area contributed by atoms with Gasteiger partial charge in [0.1, 0.15) is 0 Å². The summed E-state index contributed by atoms with van der Waals surface area (Å²) in [5.74, 6) is 1.51. The summed E-state index contributed by atoms with van der Waals surface area (Å²) < 4.78 is 0. The first kappa shape index (κ1) is 12.4. The minimum absolute atomic E-state index is 0.562. The molecule has 2 atom stereocenters. The quantitative estimate of drug-likeness (QED) is 0.815. The molecule has 17 heavy (non-hydrogen) atoms. The molecule has 2 nitrogen and oxygen atoms in total. The molecule has 94 valence electrons. The molecule has 0 bridgehead atoms. The van der Waals surface area contributed by atoms with Crippen LogP contribution in [0.15, 0.2) is 24.3 Å². The average Bonchev–Trinajstić information content (AvgIpc) is 2.71. The fourth-order valence-corrected chi connectivity index (χ4v) is 2.22. The third-order valence-corrected chi connectivity index (χ3v) is 3.84. The SMILES string of the molecule is CC(C)C(C)CNCC1Cc2ccccc2N1. The van der Waals surface area contributed by atoms with Crippen molar-refractivity contribution < 1.29 is 0 Å². The highest BCUT2D eigenvalue weighted by atomic mass is 15.0. The molecule has 2 N–H and O–H groups in total. The largest absolute Gasteiger partial charge is 0.380 e. The number of nitrogens with one attached hydrogen (secondary N) is 2. The van der Waals surface area contributed by atoms with Gasteiger partial charge in [-0.2, -0.15) is 0 Å². The molecule has 0 fully saturated rings. The number of fused-ring (bicyclic) bond motifs is 1. The highest BCUT2D eigenvalue weighted by Crippen LogP contribution is 2.24. The van der Waals surface area contributed by atoms with Crippen molar-refractivity contribution in [2.24, 2.45) is 11.8 Å². The van der Waals surface area contributed by atoms with Crippen LogP contribution in [0.5, 0.6) is 0 Å². The Bertz CT molecular complexity index is 335. The van der Waals surface area contributed by atoms with Crippen molar-refractivity contribution in [2.75, 3.05) is 18.4 Å². The zero-order valence-electron chi connectivity index (χ0n) is 11.2. The molecule has 0 radical (unpaired) electrons. The second-order valence-electron chi connectivity index (χ2n) is 5.58. The van der Waals surface area contributed by atoms with Gasteiger partial charge in [-0.1, -0.05) is 39.0 Å². The summed E-state index contributed by atoms with van der Waals surface area (Å²) in [5.41, 5.74) is 2.77. The predicted molar refractivity (Wildman–Crippen MR) is 74.4 cm³/mol. The first-order valence-corrected chi connectivity index (χ1v) is 6.72. The Balaban J connectivity index is 1.73. The van der Waals surface area contributed by atoms with Crippen LogP contribution in [0.25, 0.3) is 0 Å². The Morgan fingerprint density at radius 1 is 1.29 bits per heavy atom. The van der Waals surface area contributed by atoms with Crippen LogP contribution >= 0.6 is 0 Å². The van der Waals surface area contributed by atoms with E-state index in [2.05, 4.69) is 55.7 Å². The van der Waals surface area contributed by atoms with E-state index in [4.69, 9.17) is 0 Å². The average molecular weight is 232 g/mol. The normalized spacial score (nSPS) is 20.1. The Labute approximate surface area is 105 Å². The topological polar surface area (TPSA) is 24.1 Å². The number of para-hydroxylation sites is 1. The Morgan fingerprint density at radius 3 is 2.76 bits per heavy atom. The maximum absolute atomic E-state index is 3.58. The zero-order chi connectivity index (χ0) is 12.3. The molecule has 1 aromatic carbocycles. The van der Waals surface area contributed by atoms with Crippen molar-refractivity contribution in [1.29, 1.82) is 0 Å². The molecular weight excluding hydrogens is 208 g/mol. The first-order valence-electron chi connectivity index (χ1n) is 6.72. The molecule has 1 aliphatic heterocycles. The van der Waals surface area contributed by atoms with E-state index in [9.17, 15) is 0 Å². The van der Waals surface area contributed by atoms with E-state index in [-0.39, 0.29) is 0 Å². The van der Waals surface area contributed by atoms with Crippen molar-refractivity contribution in [3.05, 3.63) is 29.8 Å². The van der Waals surface area contributed by atoms with E-state index >= 15 is 0 Å². The molecule has 0 amide bonds. The van der Waals surface area contributed by atoms with E-state index in [1.165, 1.54) is 11.3 Å². The van der Waals surface area contributed by atoms with Gasteiger partial charge >= 0.3 is 0 Å². The molecule has 2 heteroatoms. The predicted octanol–water partition coefficient (Wildman–Crippen LogP) is 2.90. The minimum Gasteiger partial charge on any atom is -0.380 e. The molecule has 2 rings (SSSR count). The van der Waals surface area contributed by atoms with Gasteiger partial charge in [0.15, 0.2) is 0 Å². The fraction of sp³-hybridized carbons (Fsp3) is 0.600. The first-order chi connectivity index (χ1) is 8.16. The molecule has 1 aliphatic rings. The van der Waals surface area contributed by atoms with E-state index < -0.39 is 0 Å². The highest BCUT2D eigenvalue weighted by Gasteiger charge is 2.19. The lowest BCUT2D eigenvalue weighted by atomic mass is 9.98. The van der Waals surface area contributed by atoms with Crippen molar-refractivity contribution >= 4 is 5.69 Å². The highest BCUT2D eigenvalue weighted by molar-refractivity contribution is 5.56. The van der Waals surface area contributed by atoms with Crippen molar-refractivity contribution in [3.63, 3.8) is 0 Å². The Morgan fingerprint density at radius 2 is 2.06 bits per heavy atom. The van der Waals surface area contributed by atoms with Gasteiger partial charge in [0.25, 0.3) is 0 Å². The molecule has 0 aliphatic carbocycles. The molecule has 1 aromatic rings. The molecule has 0 aromatic heterocycles. The number of hydrogen-bond acceptors (Lipinski definition) is 2. The van der Waals surface area contributed by atoms with Gasteiger partial charge in [-0.05, 0) is 36.4 Å². The van der Waals surface area contributed by atoms with Gasteiger partial charge in [0.05, 0.1) is 0 Å². The lowest BCUT2D eigenvalue weighted by Gasteiger charge is -2.18. The molecule has 2 unspecified atom stereocenters. The van der Waals surface area contributed by atoms with Crippen LogP contribution in [0.4, 0.5) is 5.69 Å². The van der Waals surface area contributed by atoms with Gasteiger partial charge in [-0.15, -0.1) is 0 Å². The van der Waals surface area contributed by atoms with Gasteiger partial charge in [0.2, 0.25) is 0 Å². The Hall–Kier alpha value is -1.02. The summed E-state index contributed by atoms with van der Waals surface area (Å²) in [5, 5.41) is 7.16. The summed E-state index contributed by atoms with van der Waals surface area (Å²) in [6, 6.07) is 9.18. The van der Waals surface area contributed by atoms with Gasteiger partial charge in [-0.25, -0.2) is 0 Å². The maximum Gasteiger partial charge on any atom is 0.0427 e. The number of benzene rings is 1. The number of anilines is 1. The van der Waals surface area contributed by atoms with Crippen molar-refractivity contribution in [2.45, 2.75) is 33.2 Å². The standard InChI is InChI=1S/C15H24N2/c1-11(2)12(3)9-16-10-14-8-13-6-4-5-7-15(13)17-14/h4-7,11-12,14,16-17H,8-10H2,1-3H3. The Kier molecular flexibility index (Phi) is 4.06. The van der Waals surface area contributed by atoms with Crippen LogP contribution in [-0.2, 0) is 6.42 Å². The van der Waals surface area contributed by atoms with E-state index in [1.54, 1.807) is 0 Å². The molecule has 1 heterocycles. The summed E-state index contributed by atoms with van der Waals surface area (Å²) in [6.45, 7) is 9.07. The lowest BCUT2D eigenvalue weighted by molar-refractivity contribution is 0.390. The van der Waals surface area contributed by atoms with Gasteiger partial charge in [0, 0.05) is 18.3 Å². The van der Waals surface area contributed by atoms with Gasteiger partial charge < -0.3 is 10.6 Å². The summed E-state index contributed by atoms with van der Waals surface area (Å²) in [6.07, 6.45) is 1.15. The third-order valence-electron chi connectivity index (χ3n) is 3.84. The summed E-state index contributed by atoms with van der Waals surface area (Å²) in [7, 11) is 0. The zero-order valence-corrected chi connectivity index (χ0v) is 11.2. The third kappa shape index (κ3) is 3.22. The van der Waals surface area contributed by atoms with Crippen molar-refractivity contribution in [3.8, 4) is 0 Å². The van der Waals surface area contributed by atoms with Crippen molar-refractivity contribution in [1.82, 2.24) is 5.32 Å².